The average Bonchev–Trinajstić information content (AvgIpc) is 1.99. The van der Waals surface area contributed by atoms with Crippen LogP contribution in [0.25, 0.3) is 0 Å². The van der Waals surface area contributed by atoms with Crippen molar-refractivity contribution in [2.75, 3.05) is 0 Å². The fraction of sp³-hybridized carbons (Fsp3) is 1.00. The van der Waals surface area contributed by atoms with Crippen molar-refractivity contribution in [1.29, 1.82) is 0 Å². The molecule has 0 aromatic carbocycles. The molecular formula is C5H12O5. The molecule has 0 aromatic rings. The van der Waals surface area contributed by atoms with Crippen LogP contribution in [0.5, 0.6) is 0 Å². The molecule has 10 heavy (non-hydrogen) atoms. The maximum Gasteiger partial charge on any atom is 0.0957 e. The van der Waals surface area contributed by atoms with Crippen LogP contribution in [0.15, 0.2) is 0 Å². The van der Waals surface area contributed by atoms with Crippen molar-refractivity contribution < 1.29 is 25.3 Å². The molecular weight excluding hydrogens is 140 g/mol. The first-order chi connectivity index (χ1) is 4.85. The van der Waals surface area contributed by atoms with E-state index in [0.717, 1.165) is 12.8 Å². The highest BCUT2D eigenvalue weighted by Gasteiger charge is 2.04. The molecule has 0 bridgehead atoms. The molecule has 0 spiro atoms. The molecule has 0 saturated carbocycles. The lowest BCUT2D eigenvalue weighted by molar-refractivity contribution is -0.707. The second kappa shape index (κ2) is 6.91. The van der Waals surface area contributed by atoms with Crippen molar-refractivity contribution in [1.82, 2.24) is 0 Å². The standard InChI is InChI=1S/C5H12O5/c1-3-5(4-2)7-9-10-8-6/h5-6H,3-4H2,1-2H3. The Morgan fingerprint density at radius 2 is 1.80 bits per heavy atom. The van der Waals surface area contributed by atoms with Crippen molar-refractivity contribution in [2.45, 2.75) is 32.8 Å². The van der Waals surface area contributed by atoms with Crippen LogP contribution in [-0.2, 0) is 20.0 Å². The maximum atomic E-state index is 7.60. The molecule has 0 amide bonds. The zero-order valence-electron chi connectivity index (χ0n) is 6.07. The number of hydrogen-bond acceptors (Lipinski definition) is 5. The van der Waals surface area contributed by atoms with Gasteiger partial charge >= 0.3 is 0 Å². The quantitative estimate of drug-likeness (QED) is 0.354. The summed E-state index contributed by atoms with van der Waals surface area (Å²) in [5.74, 6) is 0. The minimum Gasteiger partial charge on any atom is -0.219 e. The van der Waals surface area contributed by atoms with Gasteiger partial charge < -0.3 is 0 Å². The summed E-state index contributed by atoms with van der Waals surface area (Å²) < 4.78 is 0. The number of rotatable bonds is 6. The van der Waals surface area contributed by atoms with E-state index in [2.05, 4.69) is 20.0 Å². The van der Waals surface area contributed by atoms with Crippen molar-refractivity contribution in [2.24, 2.45) is 0 Å². The highest BCUT2D eigenvalue weighted by molar-refractivity contribution is 4.46. The first-order valence-corrected chi connectivity index (χ1v) is 3.15. The van der Waals surface area contributed by atoms with Gasteiger partial charge in [-0.2, -0.15) is 0 Å². The summed E-state index contributed by atoms with van der Waals surface area (Å²) in [6.07, 6.45) is 1.59. The summed E-state index contributed by atoms with van der Waals surface area (Å²) in [6.45, 7) is 3.88. The van der Waals surface area contributed by atoms with Crippen molar-refractivity contribution in [3.05, 3.63) is 0 Å². The van der Waals surface area contributed by atoms with Gasteiger partial charge in [0, 0.05) is 0 Å². The summed E-state index contributed by atoms with van der Waals surface area (Å²) in [6, 6.07) is 0. The van der Waals surface area contributed by atoms with Crippen LogP contribution in [-0.4, -0.2) is 11.4 Å². The van der Waals surface area contributed by atoms with E-state index in [9.17, 15) is 0 Å². The van der Waals surface area contributed by atoms with Crippen LogP contribution >= 0.6 is 0 Å². The first kappa shape index (κ1) is 9.80. The molecule has 5 nitrogen and oxygen atoms in total. The molecule has 0 saturated heterocycles. The zero-order chi connectivity index (χ0) is 7.82. The third-order valence-electron chi connectivity index (χ3n) is 1.14. The molecule has 1 N–H and O–H groups in total. The van der Waals surface area contributed by atoms with Gasteiger partial charge in [-0.1, -0.05) is 13.8 Å². The molecule has 62 valence electrons. The van der Waals surface area contributed by atoms with E-state index in [1.807, 2.05) is 13.8 Å². The van der Waals surface area contributed by atoms with Crippen molar-refractivity contribution in [3.63, 3.8) is 0 Å². The van der Waals surface area contributed by atoms with Crippen LogP contribution in [0.4, 0.5) is 0 Å². The Morgan fingerprint density at radius 1 is 1.20 bits per heavy atom. The Bertz CT molecular complexity index is 63.1. The normalized spacial score (nSPS) is 10.8. The zero-order valence-corrected chi connectivity index (χ0v) is 6.07. The molecule has 0 aliphatic rings. The Morgan fingerprint density at radius 3 is 2.20 bits per heavy atom. The molecule has 0 aliphatic heterocycles. The summed E-state index contributed by atoms with van der Waals surface area (Å²) in [4.78, 5) is 4.57. The molecule has 5 heteroatoms. The lowest BCUT2D eigenvalue weighted by Crippen LogP contribution is -2.10. The van der Waals surface area contributed by atoms with Gasteiger partial charge in [0.1, 0.15) is 0 Å². The maximum absolute atomic E-state index is 7.60. The smallest absolute Gasteiger partial charge is 0.0957 e. The molecule has 0 aliphatic carbocycles. The lowest BCUT2D eigenvalue weighted by Gasteiger charge is -2.08. The highest BCUT2D eigenvalue weighted by Crippen LogP contribution is 2.02. The van der Waals surface area contributed by atoms with E-state index in [4.69, 9.17) is 5.26 Å². The molecule has 0 fully saturated rings. The molecule has 0 heterocycles. The molecule has 0 aromatic heterocycles. The van der Waals surface area contributed by atoms with Crippen LogP contribution in [0, 0.1) is 0 Å². The molecule has 0 atom stereocenters. The van der Waals surface area contributed by atoms with Crippen LogP contribution < -0.4 is 0 Å². The van der Waals surface area contributed by atoms with Gasteiger partial charge in [0.25, 0.3) is 0 Å². The van der Waals surface area contributed by atoms with E-state index in [1.165, 1.54) is 0 Å². The van der Waals surface area contributed by atoms with Gasteiger partial charge in [-0.05, 0) is 28.0 Å². The van der Waals surface area contributed by atoms with E-state index in [0.29, 0.717) is 0 Å². The monoisotopic (exact) mass is 152 g/mol. The van der Waals surface area contributed by atoms with E-state index < -0.39 is 0 Å². The molecule has 0 rings (SSSR count). The predicted octanol–water partition coefficient (Wildman–Crippen LogP) is 1.46. The molecule has 0 radical (unpaired) electrons. The van der Waals surface area contributed by atoms with Crippen LogP contribution in [0.2, 0.25) is 0 Å². The van der Waals surface area contributed by atoms with Crippen LogP contribution in [0.3, 0.4) is 0 Å². The third-order valence-corrected chi connectivity index (χ3v) is 1.14. The van der Waals surface area contributed by atoms with Gasteiger partial charge in [-0.25, -0.2) is 10.1 Å². The topological polar surface area (TPSA) is 57.2 Å². The second-order valence-electron chi connectivity index (χ2n) is 1.75. The van der Waals surface area contributed by atoms with Gasteiger partial charge in [-0.15, -0.1) is 0 Å². The van der Waals surface area contributed by atoms with Gasteiger partial charge in [0.05, 0.1) is 6.10 Å². The summed E-state index contributed by atoms with van der Waals surface area (Å²) in [5, 5.41) is 18.3. The predicted molar refractivity (Wildman–Crippen MR) is 31.3 cm³/mol. The van der Waals surface area contributed by atoms with E-state index in [1.54, 1.807) is 0 Å². The second-order valence-corrected chi connectivity index (χ2v) is 1.75. The van der Waals surface area contributed by atoms with Gasteiger partial charge in [0.15, 0.2) is 0 Å². The lowest BCUT2D eigenvalue weighted by atomic mass is 10.2. The summed E-state index contributed by atoms with van der Waals surface area (Å²) >= 11 is 0. The summed E-state index contributed by atoms with van der Waals surface area (Å²) in [7, 11) is 0. The van der Waals surface area contributed by atoms with Gasteiger partial charge in [0.2, 0.25) is 0 Å². The minimum atomic E-state index is -0.0323. The number of hydrogen-bond donors (Lipinski definition) is 1. The van der Waals surface area contributed by atoms with Gasteiger partial charge in [-0.3, -0.25) is 0 Å². The fourth-order valence-electron chi connectivity index (χ4n) is 0.509. The average molecular weight is 152 g/mol. The van der Waals surface area contributed by atoms with Crippen molar-refractivity contribution in [3.8, 4) is 0 Å². The Balaban J connectivity index is 3.09. The largest absolute Gasteiger partial charge is 0.219 e. The molecule has 0 unspecified atom stereocenters. The summed E-state index contributed by atoms with van der Waals surface area (Å²) in [5.41, 5.74) is 0. The highest BCUT2D eigenvalue weighted by atomic mass is 17.8. The van der Waals surface area contributed by atoms with Crippen LogP contribution in [0.1, 0.15) is 26.7 Å². The fourth-order valence-corrected chi connectivity index (χ4v) is 0.509. The van der Waals surface area contributed by atoms with Crippen molar-refractivity contribution >= 4 is 0 Å². The van der Waals surface area contributed by atoms with E-state index >= 15 is 0 Å². The SMILES string of the molecule is CCC(CC)OOOOO. The Labute approximate surface area is 59.2 Å². The Hall–Kier alpha value is -0.200. The Kier molecular flexibility index (Phi) is 6.78. The third kappa shape index (κ3) is 4.66. The van der Waals surface area contributed by atoms with E-state index in [-0.39, 0.29) is 6.10 Å². The minimum absolute atomic E-state index is 0.0323. The first-order valence-electron chi connectivity index (χ1n) is 3.15.